The summed E-state index contributed by atoms with van der Waals surface area (Å²) in [6.45, 7) is 3.90. The molecule has 0 saturated carbocycles. The van der Waals surface area contributed by atoms with Crippen LogP contribution in [0.1, 0.15) is 36.4 Å². The second-order valence-corrected chi connectivity index (χ2v) is 6.17. The molecule has 1 amide bonds. The van der Waals surface area contributed by atoms with E-state index in [1.54, 1.807) is 6.07 Å². The summed E-state index contributed by atoms with van der Waals surface area (Å²) in [5.74, 6) is -0.117. The van der Waals surface area contributed by atoms with Gasteiger partial charge in [-0.25, -0.2) is 0 Å². The van der Waals surface area contributed by atoms with Crippen molar-refractivity contribution in [2.75, 3.05) is 6.61 Å². The van der Waals surface area contributed by atoms with E-state index in [1.165, 1.54) is 11.3 Å². The topological polar surface area (TPSA) is 49.3 Å². The first-order chi connectivity index (χ1) is 7.56. The smallest absolute Gasteiger partial charge is 0.261 e. The number of thiophene rings is 1. The molecule has 5 heteroatoms. The molecule has 16 heavy (non-hydrogen) atoms. The molecule has 2 N–H and O–H groups in total. The third-order valence-corrected chi connectivity index (χ3v) is 4.45. The number of hydrogen-bond donors (Lipinski definition) is 2. The van der Waals surface area contributed by atoms with E-state index >= 15 is 0 Å². The molecule has 0 atom stereocenters. The molecule has 0 aromatic carbocycles. The van der Waals surface area contributed by atoms with E-state index in [4.69, 9.17) is 0 Å². The van der Waals surface area contributed by atoms with Crippen molar-refractivity contribution in [3.8, 4) is 0 Å². The lowest BCUT2D eigenvalue weighted by Gasteiger charge is -2.30. The Hall–Kier alpha value is -0.390. The minimum Gasteiger partial charge on any atom is -0.394 e. The molecule has 1 heterocycles. The Morgan fingerprint density at radius 3 is 2.50 bits per heavy atom. The van der Waals surface area contributed by atoms with Gasteiger partial charge in [0.15, 0.2) is 0 Å². The van der Waals surface area contributed by atoms with Gasteiger partial charge in [-0.1, -0.05) is 13.8 Å². The maximum atomic E-state index is 11.9. The maximum Gasteiger partial charge on any atom is 0.261 e. The maximum absolute atomic E-state index is 11.9. The molecule has 1 rings (SSSR count). The summed E-state index contributed by atoms with van der Waals surface area (Å²) in [5.41, 5.74) is -0.493. The van der Waals surface area contributed by atoms with E-state index in [2.05, 4.69) is 21.2 Å². The monoisotopic (exact) mass is 305 g/mol. The molecule has 0 saturated heterocycles. The summed E-state index contributed by atoms with van der Waals surface area (Å²) in [6, 6.07) is 3.62. The van der Waals surface area contributed by atoms with Crippen molar-refractivity contribution in [3.63, 3.8) is 0 Å². The van der Waals surface area contributed by atoms with Crippen molar-refractivity contribution in [2.24, 2.45) is 0 Å². The largest absolute Gasteiger partial charge is 0.394 e. The first kappa shape index (κ1) is 13.7. The average molecular weight is 306 g/mol. The number of nitrogens with one attached hydrogen (secondary N) is 1. The first-order valence-corrected chi connectivity index (χ1v) is 6.86. The molecule has 3 nitrogen and oxygen atoms in total. The molecular weight excluding hydrogens is 290 g/mol. The molecule has 0 unspecified atom stereocenters. The number of hydrogen-bond acceptors (Lipinski definition) is 3. The second kappa shape index (κ2) is 5.80. The quantitative estimate of drug-likeness (QED) is 0.879. The first-order valence-electron chi connectivity index (χ1n) is 5.25. The van der Waals surface area contributed by atoms with Crippen molar-refractivity contribution < 1.29 is 9.90 Å². The highest BCUT2D eigenvalue weighted by molar-refractivity contribution is 9.11. The number of amides is 1. The van der Waals surface area contributed by atoms with Gasteiger partial charge in [-0.05, 0) is 40.9 Å². The van der Waals surface area contributed by atoms with E-state index < -0.39 is 5.54 Å². The van der Waals surface area contributed by atoms with Gasteiger partial charge in [0.1, 0.15) is 0 Å². The van der Waals surface area contributed by atoms with Crippen LogP contribution in [0.15, 0.2) is 15.9 Å². The fourth-order valence-corrected chi connectivity index (χ4v) is 2.71. The number of carbonyl (C=O) groups excluding carboxylic acids is 1. The normalized spacial score (nSPS) is 11.5. The standard InChI is InChI=1S/C11H16BrNO2S/c1-3-11(4-2,7-14)13-10(15)8-5-6-9(12)16-8/h5-6,14H,3-4,7H2,1-2H3,(H,13,15). The van der Waals surface area contributed by atoms with Crippen LogP contribution >= 0.6 is 27.3 Å². The van der Waals surface area contributed by atoms with Crippen LogP contribution in [-0.4, -0.2) is 23.2 Å². The van der Waals surface area contributed by atoms with E-state index in [-0.39, 0.29) is 12.5 Å². The van der Waals surface area contributed by atoms with Gasteiger partial charge >= 0.3 is 0 Å². The van der Waals surface area contributed by atoms with Gasteiger partial charge in [0.2, 0.25) is 0 Å². The number of aliphatic hydroxyl groups excluding tert-OH is 1. The van der Waals surface area contributed by atoms with Crippen molar-refractivity contribution in [3.05, 3.63) is 20.8 Å². The van der Waals surface area contributed by atoms with Crippen molar-refractivity contribution in [2.45, 2.75) is 32.2 Å². The summed E-state index contributed by atoms with van der Waals surface area (Å²) >= 11 is 4.71. The zero-order valence-corrected chi connectivity index (χ0v) is 11.8. The zero-order chi connectivity index (χ0) is 12.2. The summed E-state index contributed by atoms with van der Waals surface area (Å²) in [5, 5.41) is 12.3. The molecular formula is C11H16BrNO2S. The number of aliphatic hydroxyl groups is 1. The van der Waals surface area contributed by atoms with Crippen LogP contribution in [0.2, 0.25) is 0 Å². The Kier molecular flexibility index (Phi) is 4.95. The molecule has 0 bridgehead atoms. The molecule has 0 aliphatic heterocycles. The average Bonchev–Trinajstić information content (AvgIpc) is 2.73. The minimum absolute atomic E-state index is 0.0295. The SMILES string of the molecule is CCC(CC)(CO)NC(=O)c1ccc(Br)s1. The molecule has 0 fully saturated rings. The second-order valence-electron chi connectivity index (χ2n) is 3.70. The van der Waals surface area contributed by atoms with Gasteiger partial charge in [-0.15, -0.1) is 11.3 Å². The Balaban J connectivity index is 2.76. The summed E-state index contributed by atoms with van der Waals surface area (Å²) in [6.07, 6.45) is 1.44. The Labute approximate surface area is 108 Å². The third kappa shape index (κ3) is 3.06. The lowest BCUT2D eigenvalue weighted by atomic mass is 9.94. The van der Waals surface area contributed by atoms with Gasteiger partial charge in [0.25, 0.3) is 5.91 Å². The lowest BCUT2D eigenvalue weighted by Crippen LogP contribution is -2.50. The predicted molar refractivity (Wildman–Crippen MR) is 69.9 cm³/mol. The highest BCUT2D eigenvalue weighted by Crippen LogP contribution is 2.23. The van der Waals surface area contributed by atoms with Gasteiger partial charge in [-0.2, -0.15) is 0 Å². The van der Waals surface area contributed by atoms with Crippen LogP contribution < -0.4 is 5.32 Å². The van der Waals surface area contributed by atoms with Crippen LogP contribution in [0.4, 0.5) is 0 Å². The van der Waals surface area contributed by atoms with E-state index in [0.29, 0.717) is 4.88 Å². The van der Waals surface area contributed by atoms with Gasteiger partial charge < -0.3 is 10.4 Å². The van der Waals surface area contributed by atoms with Crippen molar-refractivity contribution in [1.29, 1.82) is 0 Å². The number of halogens is 1. The molecule has 90 valence electrons. The Morgan fingerprint density at radius 1 is 1.50 bits per heavy atom. The molecule has 0 spiro atoms. The van der Waals surface area contributed by atoms with Crippen LogP contribution in [0, 0.1) is 0 Å². The van der Waals surface area contributed by atoms with E-state index in [0.717, 1.165) is 16.6 Å². The van der Waals surface area contributed by atoms with Crippen LogP contribution in [-0.2, 0) is 0 Å². The fourth-order valence-electron chi connectivity index (χ4n) is 1.43. The molecule has 0 aliphatic carbocycles. The Bertz CT molecular complexity index is 352. The number of carbonyl (C=O) groups is 1. The number of rotatable bonds is 5. The fraction of sp³-hybridized carbons (Fsp3) is 0.545. The highest BCUT2D eigenvalue weighted by atomic mass is 79.9. The van der Waals surface area contributed by atoms with Crippen LogP contribution in [0.3, 0.4) is 0 Å². The van der Waals surface area contributed by atoms with Crippen molar-refractivity contribution >= 4 is 33.2 Å². The predicted octanol–water partition coefficient (Wildman–Crippen LogP) is 2.79. The van der Waals surface area contributed by atoms with Gasteiger partial charge in [0, 0.05) is 0 Å². The molecule has 0 radical (unpaired) electrons. The molecule has 1 aromatic heterocycles. The lowest BCUT2D eigenvalue weighted by molar-refractivity contribution is 0.0822. The van der Waals surface area contributed by atoms with Crippen molar-refractivity contribution in [1.82, 2.24) is 5.32 Å². The van der Waals surface area contributed by atoms with E-state index in [9.17, 15) is 9.90 Å². The van der Waals surface area contributed by atoms with Gasteiger partial charge in [-0.3, -0.25) is 4.79 Å². The third-order valence-electron chi connectivity index (χ3n) is 2.83. The highest BCUT2D eigenvalue weighted by Gasteiger charge is 2.27. The van der Waals surface area contributed by atoms with E-state index in [1.807, 2.05) is 19.9 Å². The molecule has 1 aromatic rings. The van der Waals surface area contributed by atoms with Gasteiger partial charge in [0.05, 0.1) is 20.8 Å². The Morgan fingerprint density at radius 2 is 2.12 bits per heavy atom. The summed E-state index contributed by atoms with van der Waals surface area (Å²) in [7, 11) is 0. The zero-order valence-electron chi connectivity index (χ0n) is 9.42. The van der Waals surface area contributed by atoms with Crippen LogP contribution in [0.25, 0.3) is 0 Å². The summed E-state index contributed by atoms with van der Waals surface area (Å²) < 4.78 is 0.931. The minimum atomic E-state index is -0.493. The molecule has 0 aliphatic rings. The summed E-state index contributed by atoms with van der Waals surface area (Å²) in [4.78, 5) is 12.6. The van der Waals surface area contributed by atoms with Crippen LogP contribution in [0.5, 0.6) is 0 Å².